The number of amides is 2. The maximum absolute atomic E-state index is 13.8. The summed E-state index contributed by atoms with van der Waals surface area (Å²) in [5, 5.41) is 2.23. The minimum atomic E-state index is -0.499. The Kier molecular flexibility index (Phi) is 4.10. The highest BCUT2D eigenvalue weighted by Crippen LogP contribution is 2.16. The number of hydrogen-bond acceptors (Lipinski definition) is 4. The summed E-state index contributed by atoms with van der Waals surface area (Å²) in [7, 11) is 0. The van der Waals surface area contributed by atoms with Crippen LogP contribution in [0.2, 0.25) is 0 Å². The van der Waals surface area contributed by atoms with E-state index in [-0.39, 0.29) is 29.9 Å². The number of carbonyl (C=O) groups is 2. The second kappa shape index (κ2) is 5.64. The van der Waals surface area contributed by atoms with Crippen LogP contribution in [0, 0.1) is 5.82 Å². The van der Waals surface area contributed by atoms with Crippen LogP contribution in [0.4, 0.5) is 4.39 Å². The zero-order valence-corrected chi connectivity index (χ0v) is 11.7. The van der Waals surface area contributed by atoms with Crippen LogP contribution >= 0.6 is 12.2 Å². The van der Waals surface area contributed by atoms with E-state index in [0.717, 1.165) is 0 Å². The molecule has 1 atom stereocenters. The Bertz CT molecular complexity index is 591. The molecule has 0 bridgehead atoms. The molecule has 1 aliphatic rings. The molecule has 7 heteroatoms. The summed E-state index contributed by atoms with van der Waals surface area (Å²) >= 11 is 4.85. The third-order valence-corrected chi connectivity index (χ3v) is 3.48. The number of rotatable bonds is 3. The molecule has 1 aromatic rings. The van der Waals surface area contributed by atoms with Gasteiger partial charge in [-0.25, -0.2) is 4.39 Å². The van der Waals surface area contributed by atoms with Gasteiger partial charge in [-0.05, 0) is 25.1 Å². The maximum Gasteiger partial charge on any atom is 0.243 e. The molecule has 1 aliphatic heterocycles. The Balaban J connectivity index is 2.24. The van der Waals surface area contributed by atoms with Gasteiger partial charge in [-0.1, -0.05) is 12.2 Å². The number of nitrogens with zero attached hydrogens (tertiary/aromatic N) is 1. The van der Waals surface area contributed by atoms with Crippen LogP contribution in [0.25, 0.3) is 0 Å². The summed E-state index contributed by atoms with van der Waals surface area (Å²) in [5.41, 5.74) is 6.42. The molecule has 2 amide bonds. The molecule has 20 heavy (non-hydrogen) atoms. The van der Waals surface area contributed by atoms with Crippen molar-refractivity contribution in [1.82, 2.24) is 10.2 Å². The van der Waals surface area contributed by atoms with Crippen molar-refractivity contribution in [2.45, 2.75) is 19.5 Å². The first-order chi connectivity index (χ1) is 9.38. The second-order valence-corrected chi connectivity index (χ2v) is 5.10. The lowest BCUT2D eigenvalue weighted by atomic mass is 10.1. The lowest BCUT2D eigenvalue weighted by molar-refractivity contribution is -0.139. The highest BCUT2D eigenvalue weighted by Gasteiger charge is 2.30. The zero-order valence-electron chi connectivity index (χ0n) is 10.9. The summed E-state index contributed by atoms with van der Waals surface area (Å²) in [5.74, 6) is -1.19. The normalized spacial score (nSPS) is 19.8. The number of carbonyl (C=O) groups excluding carboxylic acids is 2. The minimum Gasteiger partial charge on any atom is -0.389 e. The number of nitrogens with one attached hydrogen (secondary N) is 1. The third kappa shape index (κ3) is 3.00. The zero-order chi connectivity index (χ0) is 14.9. The Morgan fingerprint density at radius 2 is 2.25 bits per heavy atom. The van der Waals surface area contributed by atoms with Crippen LogP contribution in [0.1, 0.15) is 18.1 Å². The molecule has 0 aromatic heterocycles. The molecule has 3 N–H and O–H groups in total. The van der Waals surface area contributed by atoms with Gasteiger partial charge in [0, 0.05) is 17.7 Å². The Morgan fingerprint density at radius 3 is 2.90 bits per heavy atom. The van der Waals surface area contributed by atoms with Crippen molar-refractivity contribution in [3.63, 3.8) is 0 Å². The van der Waals surface area contributed by atoms with E-state index < -0.39 is 11.9 Å². The van der Waals surface area contributed by atoms with Crippen molar-refractivity contribution in [2.24, 2.45) is 5.73 Å². The molecule has 0 radical (unpaired) electrons. The summed E-state index contributed by atoms with van der Waals surface area (Å²) in [6.07, 6.45) is 0. The molecule has 1 heterocycles. The van der Waals surface area contributed by atoms with Gasteiger partial charge in [-0.15, -0.1) is 0 Å². The van der Waals surface area contributed by atoms with Gasteiger partial charge in [-0.2, -0.15) is 0 Å². The van der Waals surface area contributed by atoms with Crippen molar-refractivity contribution < 1.29 is 14.0 Å². The van der Waals surface area contributed by atoms with Crippen molar-refractivity contribution in [3.05, 3.63) is 35.1 Å². The number of imide groups is 1. The molecule has 0 spiro atoms. The molecule has 1 unspecified atom stereocenters. The van der Waals surface area contributed by atoms with Crippen LogP contribution in [-0.2, 0) is 16.1 Å². The average molecular weight is 295 g/mol. The number of halogens is 1. The highest BCUT2D eigenvalue weighted by molar-refractivity contribution is 7.80. The molecule has 1 saturated heterocycles. The summed E-state index contributed by atoms with van der Waals surface area (Å²) in [4.78, 5) is 24.7. The smallest absolute Gasteiger partial charge is 0.243 e. The van der Waals surface area contributed by atoms with Gasteiger partial charge in [0.15, 0.2) is 0 Å². The molecule has 0 aliphatic carbocycles. The van der Waals surface area contributed by atoms with Crippen LogP contribution < -0.4 is 11.1 Å². The van der Waals surface area contributed by atoms with Crippen molar-refractivity contribution in [1.29, 1.82) is 0 Å². The monoisotopic (exact) mass is 295 g/mol. The lowest BCUT2D eigenvalue weighted by Gasteiger charge is -2.31. The van der Waals surface area contributed by atoms with E-state index in [1.165, 1.54) is 12.1 Å². The van der Waals surface area contributed by atoms with Gasteiger partial charge in [0.1, 0.15) is 10.8 Å². The van der Waals surface area contributed by atoms with E-state index in [9.17, 15) is 14.0 Å². The Morgan fingerprint density at radius 1 is 1.55 bits per heavy atom. The van der Waals surface area contributed by atoms with Gasteiger partial charge in [0.25, 0.3) is 0 Å². The topological polar surface area (TPSA) is 75.4 Å². The number of benzene rings is 1. The SMILES string of the molecule is CC1C(=O)NC(=O)CN1Cc1cc(C(N)=S)ccc1F. The van der Waals surface area contributed by atoms with Crippen molar-refractivity contribution >= 4 is 29.0 Å². The van der Waals surface area contributed by atoms with Crippen molar-refractivity contribution in [3.8, 4) is 0 Å². The summed E-state index contributed by atoms with van der Waals surface area (Å²) < 4.78 is 13.8. The fourth-order valence-electron chi connectivity index (χ4n) is 2.03. The standard InChI is InChI=1S/C13H14FN3O2S/c1-7-13(19)16-11(18)6-17(7)5-9-4-8(12(15)20)2-3-10(9)14/h2-4,7H,5-6H2,1H3,(H2,15,20)(H,16,18,19). The molecule has 5 nitrogen and oxygen atoms in total. The van der Waals surface area contributed by atoms with Gasteiger partial charge >= 0.3 is 0 Å². The first-order valence-electron chi connectivity index (χ1n) is 6.04. The van der Waals surface area contributed by atoms with Gasteiger partial charge in [0.2, 0.25) is 11.8 Å². The highest BCUT2D eigenvalue weighted by atomic mass is 32.1. The van der Waals surface area contributed by atoms with E-state index in [0.29, 0.717) is 11.1 Å². The second-order valence-electron chi connectivity index (χ2n) is 4.66. The quantitative estimate of drug-likeness (QED) is 0.620. The number of hydrogen-bond donors (Lipinski definition) is 2. The number of thiocarbonyl (C=S) groups is 1. The van der Waals surface area contributed by atoms with Crippen molar-refractivity contribution in [2.75, 3.05) is 6.54 Å². The van der Waals surface area contributed by atoms with E-state index in [2.05, 4.69) is 5.32 Å². The number of piperazine rings is 1. The average Bonchev–Trinajstić information content (AvgIpc) is 2.37. The van der Waals surface area contributed by atoms with E-state index in [4.69, 9.17) is 18.0 Å². The van der Waals surface area contributed by atoms with Crippen LogP contribution in [-0.4, -0.2) is 34.3 Å². The molecular weight excluding hydrogens is 281 g/mol. The largest absolute Gasteiger partial charge is 0.389 e. The van der Waals surface area contributed by atoms with Crippen LogP contribution in [0.15, 0.2) is 18.2 Å². The minimum absolute atomic E-state index is 0.0453. The fraction of sp³-hybridized carbons (Fsp3) is 0.308. The van der Waals surface area contributed by atoms with E-state index in [1.54, 1.807) is 17.9 Å². The molecule has 0 saturated carbocycles. The predicted molar refractivity (Wildman–Crippen MR) is 75.3 cm³/mol. The maximum atomic E-state index is 13.8. The van der Waals surface area contributed by atoms with Crippen LogP contribution in [0.5, 0.6) is 0 Å². The Labute approximate surface area is 120 Å². The van der Waals surface area contributed by atoms with Crippen LogP contribution in [0.3, 0.4) is 0 Å². The number of nitrogens with two attached hydrogens (primary N) is 1. The molecule has 1 aromatic carbocycles. The first-order valence-corrected chi connectivity index (χ1v) is 6.45. The summed E-state index contributed by atoms with van der Waals surface area (Å²) in [6, 6.07) is 3.82. The predicted octanol–water partition coefficient (Wildman–Crippen LogP) is 0.307. The molecule has 1 fully saturated rings. The lowest BCUT2D eigenvalue weighted by Crippen LogP contribution is -2.56. The third-order valence-electron chi connectivity index (χ3n) is 3.24. The van der Waals surface area contributed by atoms with E-state index >= 15 is 0 Å². The first kappa shape index (κ1) is 14.5. The van der Waals surface area contributed by atoms with Gasteiger partial charge in [-0.3, -0.25) is 19.8 Å². The molecular formula is C13H14FN3O2S. The molecule has 106 valence electrons. The van der Waals surface area contributed by atoms with Gasteiger partial charge < -0.3 is 5.73 Å². The summed E-state index contributed by atoms with van der Waals surface area (Å²) in [6.45, 7) is 1.85. The Hall–Kier alpha value is -1.86. The molecule has 2 rings (SSSR count). The van der Waals surface area contributed by atoms with E-state index in [1.807, 2.05) is 0 Å². The fourth-order valence-corrected chi connectivity index (χ4v) is 2.16. The van der Waals surface area contributed by atoms with Gasteiger partial charge in [0.05, 0.1) is 12.6 Å².